The van der Waals surface area contributed by atoms with Gasteiger partial charge in [0, 0.05) is 49.7 Å². The second-order valence-corrected chi connectivity index (χ2v) is 6.75. The van der Waals surface area contributed by atoms with Crippen molar-refractivity contribution in [2.45, 2.75) is 31.7 Å². The standard InChI is InChI=1S/C19H22N4O2/c24-18-4-2-11-23(18)16-7-5-15(6-8-16)19(25)21-10-1-3-17(13-21)22-12-9-20-14-22/h5-9,12,14,17H,1-4,10-11,13H2/t17-/m1/s1. The number of hydrogen-bond donors (Lipinski definition) is 0. The molecule has 2 aliphatic heterocycles. The van der Waals surface area contributed by atoms with Crippen molar-refractivity contribution >= 4 is 17.5 Å². The number of carbonyl (C=O) groups is 2. The molecule has 2 amide bonds. The highest BCUT2D eigenvalue weighted by molar-refractivity contribution is 5.97. The smallest absolute Gasteiger partial charge is 0.253 e. The molecule has 3 heterocycles. The van der Waals surface area contributed by atoms with Gasteiger partial charge < -0.3 is 14.4 Å². The number of rotatable bonds is 3. The molecule has 0 saturated carbocycles. The van der Waals surface area contributed by atoms with Gasteiger partial charge in [0.1, 0.15) is 0 Å². The van der Waals surface area contributed by atoms with Crippen molar-refractivity contribution in [1.29, 1.82) is 0 Å². The number of hydrogen-bond acceptors (Lipinski definition) is 3. The summed E-state index contributed by atoms with van der Waals surface area (Å²) in [6.45, 7) is 2.27. The molecule has 0 spiro atoms. The lowest BCUT2D eigenvalue weighted by Gasteiger charge is -2.33. The van der Waals surface area contributed by atoms with Gasteiger partial charge >= 0.3 is 0 Å². The molecule has 0 N–H and O–H groups in total. The van der Waals surface area contributed by atoms with E-state index in [0.717, 1.165) is 38.0 Å². The summed E-state index contributed by atoms with van der Waals surface area (Å²) >= 11 is 0. The molecule has 1 aromatic heterocycles. The molecule has 0 radical (unpaired) electrons. The van der Waals surface area contributed by atoms with Crippen LogP contribution >= 0.6 is 0 Å². The van der Waals surface area contributed by atoms with Crippen LogP contribution in [0.2, 0.25) is 0 Å². The summed E-state index contributed by atoms with van der Waals surface area (Å²) in [4.78, 5) is 32.5. The molecule has 4 rings (SSSR count). The van der Waals surface area contributed by atoms with Gasteiger partial charge in [0.05, 0.1) is 12.4 Å². The van der Waals surface area contributed by atoms with Crippen LogP contribution in [0, 0.1) is 0 Å². The Bertz CT molecular complexity index is 754. The maximum absolute atomic E-state index is 12.8. The molecule has 6 heteroatoms. The topological polar surface area (TPSA) is 58.4 Å². The largest absolute Gasteiger partial charge is 0.337 e. The molecule has 2 fully saturated rings. The Balaban J connectivity index is 1.46. The first-order valence-electron chi connectivity index (χ1n) is 8.89. The van der Waals surface area contributed by atoms with Crippen molar-refractivity contribution < 1.29 is 9.59 Å². The van der Waals surface area contributed by atoms with E-state index in [1.807, 2.05) is 41.7 Å². The Morgan fingerprint density at radius 1 is 1.12 bits per heavy atom. The monoisotopic (exact) mass is 338 g/mol. The molecule has 0 bridgehead atoms. The summed E-state index contributed by atoms with van der Waals surface area (Å²) < 4.78 is 2.08. The molecule has 0 unspecified atom stereocenters. The van der Waals surface area contributed by atoms with Crippen LogP contribution in [0.15, 0.2) is 43.0 Å². The second kappa shape index (κ2) is 6.70. The molecule has 1 aromatic carbocycles. The first kappa shape index (κ1) is 15.9. The summed E-state index contributed by atoms with van der Waals surface area (Å²) in [6, 6.07) is 7.73. The van der Waals surface area contributed by atoms with Gasteiger partial charge in [-0.15, -0.1) is 0 Å². The van der Waals surface area contributed by atoms with E-state index >= 15 is 0 Å². The van der Waals surface area contributed by atoms with Crippen LogP contribution in [0.3, 0.4) is 0 Å². The normalized spacial score (nSPS) is 21.0. The summed E-state index contributed by atoms with van der Waals surface area (Å²) in [6.07, 6.45) is 9.14. The lowest BCUT2D eigenvalue weighted by atomic mass is 10.0. The van der Waals surface area contributed by atoms with E-state index < -0.39 is 0 Å². The molecule has 1 atom stereocenters. The van der Waals surface area contributed by atoms with Gasteiger partial charge in [-0.2, -0.15) is 0 Å². The average molecular weight is 338 g/mol. The number of anilines is 1. The molecular weight excluding hydrogens is 316 g/mol. The van der Waals surface area contributed by atoms with E-state index in [0.29, 0.717) is 24.6 Å². The minimum absolute atomic E-state index is 0.0594. The third kappa shape index (κ3) is 3.16. The lowest BCUT2D eigenvalue weighted by molar-refractivity contribution is -0.117. The first-order valence-corrected chi connectivity index (χ1v) is 8.89. The zero-order valence-electron chi connectivity index (χ0n) is 14.2. The van der Waals surface area contributed by atoms with Crippen molar-refractivity contribution in [3.63, 3.8) is 0 Å². The molecule has 0 aliphatic carbocycles. The number of aromatic nitrogens is 2. The molecule has 25 heavy (non-hydrogen) atoms. The van der Waals surface area contributed by atoms with Crippen molar-refractivity contribution in [2.24, 2.45) is 0 Å². The zero-order valence-corrected chi connectivity index (χ0v) is 14.2. The highest BCUT2D eigenvalue weighted by Gasteiger charge is 2.26. The Morgan fingerprint density at radius 2 is 1.96 bits per heavy atom. The Kier molecular flexibility index (Phi) is 4.26. The molecule has 6 nitrogen and oxygen atoms in total. The van der Waals surface area contributed by atoms with Crippen LogP contribution < -0.4 is 4.90 Å². The third-order valence-electron chi connectivity index (χ3n) is 5.13. The summed E-state index contributed by atoms with van der Waals surface area (Å²) in [5.41, 5.74) is 1.57. The number of nitrogens with zero attached hydrogens (tertiary/aromatic N) is 4. The van der Waals surface area contributed by atoms with Gasteiger partial charge in [0.25, 0.3) is 5.91 Å². The summed E-state index contributed by atoms with van der Waals surface area (Å²) in [7, 11) is 0. The highest BCUT2D eigenvalue weighted by atomic mass is 16.2. The summed E-state index contributed by atoms with van der Waals surface area (Å²) in [5.74, 6) is 0.224. The number of benzene rings is 1. The van der Waals surface area contributed by atoms with Gasteiger partial charge in [-0.1, -0.05) is 0 Å². The van der Waals surface area contributed by atoms with E-state index in [1.165, 1.54) is 0 Å². The molecule has 2 saturated heterocycles. The Hall–Kier alpha value is -2.63. The van der Waals surface area contributed by atoms with Crippen molar-refractivity contribution in [1.82, 2.24) is 14.5 Å². The van der Waals surface area contributed by atoms with Crippen LogP contribution in [0.25, 0.3) is 0 Å². The summed E-state index contributed by atoms with van der Waals surface area (Å²) in [5, 5.41) is 0. The minimum Gasteiger partial charge on any atom is -0.337 e. The number of imidazole rings is 1. The SMILES string of the molecule is O=C(c1ccc(N2CCCC2=O)cc1)N1CCC[C@@H](n2ccnc2)C1. The van der Waals surface area contributed by atoms with Gasteiger partial charge in [-0.3, -0.25) is 9.59 Å². The lowest BCUT2D eigenvalue weighted by Crippen LogP contribution is -2.40. The van der Waals surface area contributed by atoms with Crippen LogP contribution in [-0.4, -0.2) is 45.9 Å². The van der Waals surface area contributed by atoms with Crippen molar-refractivity contribution in [3.8, 4) is 0 Å². The van der Waals surface area contributed by atoms with Gasteiger partial charge in [-0.25, -0.2) is 4.98 Å². The molecular formula is C19H22N4O2. The van der Waals surface area contributed by atoms with E-state index in [2.05, 4.69) is 9.55 Å². The van der Waals surface area contributed by atoms with E-state index in [4.69, 9.17) is 0 Å². The quantitative estimate of drug-likeness (QED) is 0.864. The van der Waals surface area contributed by atoms with E-state index in [9.17, 15) is 9.59 Å². The van der Waals surface area contributed by atoms with E-state index in [1.54, 1.807) is 11.1 Å². The fourth-order valence-corrected chi connectivity index (χ4v) is 3.76. The van der Waals surface area contributed by atoms with Gasteiger partial charge in [0.15, 0.2) is 0 Å². The number of amides is 2. The zero-order chi connectivity index (χ0) is 17.2. The predicted molar refractivity (Wildman–Crippen MR) is 94.4 cm³/mol. The number of piperidine rings is 1. The van der Waals surface area contributed by atoms with Crippen molar-refractivity contribution in [2.75, 3.05) is 24.5 Å². The fourth-order valence-electron chi connectivity index (χ4n) is 3.76. The van der Waals surface area contributed by atoms with Crippen LogP contribution in [0.5, 0.6) is 0 Å². The predicted octanol–water partition coefficient (Wildman–Crippen LogP) is 2.49. The number of likely N-dealkylation sites (tertiary alicyclic amines) is 1. The Morgan fingerprint density at radius 3 is 2.64 bits per heavy atom. The molecule has 2 aliphatic rings. The van der Waals surface area contributed by atoms with Gasteiger partial charge in [-0.05, 0) is 43.5 Å². The maximum Gasteiger partial charge on any atom is 0.253 e. The number of carbonyl (C=O) groups excluding carboxylic acids is 2. The van der Waals surface area contributed by atoms with Crippen LogP contribution in [0.1, 0.15) is 42.1 Å². The van der Waals surface area contributed by atoms with Crippen LogP contribution in [-0.2, 0) is 4.79 Å². The first-order chi connectivity index (χ1) is 12.2. The average Bonchev–Trinajstić information content (AvgIpc) is 3.33. The third-order valence-corrected chi connectivity index (χ3v) is 5.13. The second-order valence-electron chi connectivity index (χ2n) is 6.75. The maximum atomic E-state index is 12.8. The minimum atomic E-state index is 0.0594. The van der Waals surface area contributed by atoms with Crippen molar-refractivity contribution in [3.05, 3.63) is 48.5 Å². The van der Waals surface area contributed by atoms with Crippen LogP contribution in [0.4, 0.5) is 5.69 Å². The Labute approximate surface area is 147 Å². The highest BCUT2D eigenvalue weighted by Crippen LogP contribution is 2.25. The van der Waals surface area contributed by atoms with Gasteiger partial charge in [0.2, 0.25) is 5.91 Å². The molecule has 2 aromatic rings. The molecule has 130 valence electrons. The van der Waals surface area contributed by atoms with E-state index in [-0.39, 0.29) is 11.8 Å². The fraction of sp³-hybridized carbons (Fsp3) is 0.421.